The van der Waals surface area contributed by atoms with Crippen molar-refractivity contribution in [1.82, 2.24) is 5.32 Å². The van der Waals surface area contributed by atoms with E-state index in [2.05, 4.69) is 11.4 Å². The Bertz CT molecular complexity index is 256. The molecule has 1 aliphatic carbocycles. The number of amides is 1. The van der Waals surface area contributed by atoms with Crippen molar-refractivity contribution in [3.63, 3.8) is 0 Å². The highest BCUT2D eigenvalue weighted by Gasteiger charge is 2.32. The first-order valence-electron chi connectivity index (χ1n) is 5.35. The van der Waals surface area contributed by atoms with Gasteiger partial charge in [-0.25, -0.2) is 0 Å². The molecule has 0 aliphatic heterocycles. The first-order chi connectivity index (χ1) is 7.17. The van der Waals surface area contributed by atoms with Crippen LogP contribution in [-0.2, 0) is 9.53 Å². The van der Waals surface area contributed by atoms with Crippen LogP contribution in [-0.4, -0.2) is 25.7 Å². The Morgan fingerprint density at radius 2 is 2.33 bits per heavy atom. The Balaban J connectivity index is 2.25. The molecule has 2 unspecified atom stereocenters. The smallest absolute Gasteiger partial charge is 0.221 e. The van der Waals surface area contributed by atoms with Crippen molar-refractivity contribution >= 4 is 5.91 Å². The fraction of sp³-hybridized carbons (Fsp3) is 0.818. The summed E-state index contributed by atoms with van der Waals surface area (Å²) >= 11 is 0. The maximum Gasteiger partial charge on any atom is 0.221 e. The Morgan fingerprint density at radius 1 is 1.67 bits per heavy atom. The molecule has 1 rings (SSSR count). The highest BCUT2D eigenvalue weighted by molar-refractivity contribution is 5.76. The van der Waals surface area contributed by atoms with Gasteiger partial charge in [0.05, 0.1) is 6.07 Å². The van der Waals surface area contributed by atoms with Crippen LogP contribution in [0.2, 0.25) is 0 Å². The minimum Gasteiger partial charge on any atom is -0.384 e. The summed E-state index contributed by atoms with van der Waals surface area (Å²) in [6.45, 7) is 2.54. The molecule has 2 atom stereocenters. The Morgan fingerprint density at radius 3 is 2.80 bits per heavy atom. The number of nitrogens with zero attached hydrogens (tertiary/aromatic N) is 1. The van der Waals surface area contributed by atoms with E-state index >= 15 is 0 Å². The standard InChI is InChI=1S/C11H18N2O2/c1-8(7-15-2)5-11(14)13-10(6-12)9-3-4-9/h8-10H,3-5,7H2,1-2H3,(H,13,14). The topological polar surface area (TPSA) is 62.1 Å². The minimum atomic E-state index is -0.285. The lowest BCUT2D eigenvalue weighted by Crippen LogP contribution is -2.36. The van der Waals surface area contributed by atoms with Crippen LogP contribution in [0.3, 0.4) is 0 Å². The molecule has 0 heterocycles. The van der Waals surface area contributed by atoms with Gasteiger partial charge in [-0.1, -0.05) is 6.92 Å². The van der Waals surface area contributed by atoms with E-state index < -0.39 is 0 Å². The van der Waals surface area contributed by atoms with Crippen LogP contribution in [0.25, 0.3) is 0 Å². The van der Waals surface area contributed by atoms with Crippen LogP contribution in [0.15, 0.2) is 0 Å². The van der Waals surface area contributed by atoms with Gasteiger partial charge < -0.3 is 10.1 Å². The fourth-order valence-electron chi connectivity index (χ4n) is 1.58. The number of carbonyl (C=O) groups excluding carboxylic acids is 1. The second-order valence-electron chi connectivity index (χ2n) is 4.28. The third kappa shape index (κ3) is 4.30. The molecule has 1 saturated carbocycles. The number of hydrogen-bond acceptors (Lipinski definition) is 3. The Hall–Kier alpha value is -1.08. The average molecular weight is 210 g/mol. The molecular formula is C11H18N2O2. The lowest BCUT2D eigenvalue weighted by atomic mass is 10.1. The SMILES string of the molecule is COCC(C)CC(=O)NC(C#N)C1CC1. The second-order valence-corrected chi connectivity index (χ2v) is 4.28. The summed E-state index contributed by atoms with van der Waals surface area (Å²) < 4.78 is 4.95. The third-order valence-corrected chi connectivity index (χ3v) is 2.53. The van der Waals surface area contributed by atoms with Crippen molar-refractivity contribution in [3.8, 4) is 6.07 Å². The number of rotatable bonds is 6. The van der Waals surface area contributed by atoms with Crippen molar-refractivity contribution in [2.75, 3.05) is 13.7 Å². The van der Waals surface area contributed by atoms with E-state index in [9.17, 15) is 4.79 Å². The zero-order valence-electron chi connectivity index (χ0n) is 9.32. The van der Waals surface area contributed by atoms with E-state index in [1.807, 2.05) is 6.92 Å². The lowest BCUT2D eigenvalue weighted by Gasteiger charge is -2.13. The van der Waals surface area contributed by atoms with Gasteiger partial charge in [0, 0.05) is 20.1 Å². The Labute approximate surface area is 90.6 Å². The molecule has 1 N–H and O–H groups in total. The second kappa shape index (κ2) is 5.72. The molecule has 4 nitrogen and oxygen atoms in total. The summed E-state index contributed by atoms with van der Waals surface area (Å²) in [7, 11) is 1.62. The molecule has 0 aromatic rings. The third-order valence-electron chi connectivity index (χ3n) is 2.53. The van der Waals surface area contributed by atoms with Crippen LogP contribution < -0.4 is 5.32 Å². The molecule has 15 heavy (non-hydrogen) atoms. The number of carbonyl (C=O) groups is 1. The van der Waals surface area contributed by atoms with Crippen LogP contribution in [0.1, 0.15) is 26.2 Å². The first kappa shape index (κ1) is 12.0. The molecule has 1 aliphatic rings. The van der Waals surface area contributed by atoms with Crippen molar-refractivity contribution in [1.29, 1.82) is 5.26 Å². The molecule has 0 bridgehead atoms. The number of methoxy groups -OCH3 is 1. The van der Waals surface area contributed by atoms with Gasteiger partial charge in [-0.05, 0) is 24.7 Å². The summed E-state index contributed by atoms with van der Waals surface area (Å²) in [5.74, 6) is 0.545. The Kier molecular flexibility index (Phi) is 4.57. The highest BCUT2D eigenvalue weighted by Crippen LogP contribution is 2.32. The van der Waals surface area contributed by atoms with Crippen LogP contribution in [0.5, 0.6) is 0 Å². The summed E-state index contributed by atoms with van der Waals surface area (Å²) in [5, 5.41) is 11.6. The predicted molar refractivity (Wildman–Crippen MR) is 55.9 cm³/mol. The molecule has 0 aromatic carbocycles. The van der Waals surface area contributed by atoms with E-state index in [4.69, 9.17) is 10.00 Å². The highest BCUT2D eigenvalue weighted by atomic mass is 16.5. The molecule has 4 heteroatoms. The molecular weight excluding hydrogens is 192 g/mol. The zero-order valence-corrected chi connectivity index (χ0v) is 9.32. The van der Waals surface area contributed by atoms with E-state index in [0.29, 0.717) is 18.9 Å². The molecule has 1 fully saturated rings. The normalized spacial score (nSPS) is 19.0. The summed E-state index contributed by atoms with van der Waals surface area (Å²) in [5.41, 5.74) is 0. The zero-order chi connectivity index (χ0) is 11.3. The van der Waals surface area contributed by atoms with Gasteiger partial charge in [-0.2, -0.15) is 5.26 Å². The van der Waals surface area contributed by atoms with Crippen molar-refractivity contribution in [3.05, 3.63) is 0 Å². The lowest BCUT2D eigenvalue weighted by molar-refractivity contribution is -0.122. The average Bonchev–Trinajstić information content (AvgIpc) is 2.97. The number of nitriles is 1. The molecule has 1 amide bonds. The van der Waals surface area contributed by atoms with Crippen LogP contribution in [0, 0.1) is 23.2 Å². The molecule has 0 radical (unpaired) electrons. The largest absolute Gasteiger partial charge is 0.384 e. The van der Waals surface area contributed by atoms with Gasteiger partial charge in [0.25, 0.3) is 0 Å². The number of nitrogens with one attached hydrogen (secondary N) is 1. The van der Waals surface area contributed by atoms with Gasteiger partial charge in [0.2, 0.25) is 5.91 Å². The molecule has 0 saturated heterocycles. The monoisotopic (exact) mass is 210 g/mol. The van der Waals surface area contributed by atoms with Gasteiger partial charge in [-0.3, -0.25) is 4.79 Å². The van der Waals surface area contributed by atoms with E-state index in [1.165, 1.54) is 0 Å². The van der Waals surface area contributed by atoms with Crippen molar-refractivity contribution in [2.45, 2.75) is 32.2 Å². The summed E-state index contributed by atoms with van der Waals surface area (Å²) in [6.07, 6.45) is 2.55. The molecule has 0 spiro atoms. The van der Waals surface area contributed by atoms with E-state index in [0.717, 1.165) is 12.8 Å². The van der Waals surface area contributed by atoms with E-state index in [1.54, 1.807) is 7.11 Å². The van der Waals surface area contributed by atoms with Gasteiger partial charge in [-0.15, -0.1) is 0 Å². The van der Waals surface area contributed by atoms with Crippen molar-refractivity contribution < 1.29 is 9.53 Å². The van der Waals surface area contributed by atoms with Gasteiger partial charge >= 0.3 is 0 Å². The summed E-state index contributed by atoms with van der Waals surface area (Å²) in [4.78, 5) is 11.5. The quantitative estimate of drug-likeness (QED) is 0.713. The van der Waals surface area contributed by atoms with Gasteiger partial charge in [0.1, 0.15) is 6.04 Å². The summed E-state index contributed by atoms with van der Waals surface area (Å²) in [6, 6.07) is 1.85. The maximum absolute atomic E-state index is 11.5. The minimum absolute atomic E-state index is 0.0435. The van der Waals surface area contributed by atoms with Crippen LogP contribution in [0.4, 0.5) is 0 Å². The maximum atomic E-state index is 11.5. The first-order valence-corrected chi connectivity index (χ1v) is 5.35. The fourth-order valence-corrected chi connectivity index (χ4v) is 1.58. The molecule has 84 valence electrons. The predicted octanol–water partition coefficient (Wildman–Crippen LogP) is 1.08. The van der Waals surface area contributed by atoms with Gasteiger partial charge in [0.15, 0.2) is 0 Å². The van der Waals surface area contributed by atoms with E-state index in [-0.39, 0.29) is 17.9 Å². The number of ether oxygens (including phenoxy) is 1. The number of hydrogen-bond donors (Lipinski definition) is 1. The van der Waals surface area contributed by atoms with Crippen molar-refractivity contribution in [2.24, 2.45) is 11.8 Å². The molecule has 0 aromatic heterocycles. The van der Waals surface area contributed by atoms with Crippen LogP contribution >= 0.6 is 0 Å².